The number of nitrogens with zero attached hydrogens (tertiary/aromatic N) is 1. The number of likely N-dealkylation sites (tertiary alicyclic amines) is 1. The third kappa shape index (κ3) is 12.4. The average molecular weight is 475 g/mol. The molecule has 1 saturated heterocycles. The maximum absolute atomic E-state index is 11.9. The smallest absolute Gasteiger partial charge is 0.217 e. The molecule has 3 N–H and O–H groups in total. The van der Waals surface area contributed by atoms with Crippen LogP contribution in [-0.2, 0) is 11.2 Å². The van der Waals surface area contributed by atoms with Crippen LogP contribution in [0, 0.1) is 0 Å². The number of aromatic hydroxyl groups is 1. The molecule has 0 saturated carbocycles. The Morgan fingerprint density at radius 1 is 0.882 bits per heavy atom. The van der Waals surface area contributed by atoms with E-state index in [0.29, 0.717) is 38.2 Å². The normalized spacial score (nSPS) is 13.2. The maximum atomic E-state index is 11.9. The zero-order chi connectivity index (χ0) is 24.4. The summed E-state index contributed by atoms with van der Waals surface area (Å²) in [6, 6.07) is 14.8. The number of phenolic OH excluding ortho intramolecular Hbond substituents is 1. The van der Waals surface area contributed by atoms with Crippen LogP contribution in [0.2, 0.25) is 0 Å². The van der Waals surface area contributed by atoms with Gasteiger partial charge in [-0.05, 0) is 107 Å². The van der Waals surface area contributed by atoms with Gasteiger partial charge >= 0.3 is 0 Å². The van der Waals surface area contributed by atoms with Crippen LogP contribution in [0.4, 0.5) is 4.39 Å². The van der Waals surface area contributed by atoms with Crippen molar-refractivity contribution in [3.63, 3.8) is 0 Å². The van der Waals surface area contributed by atoms with Crippen LogP contribution in [0.5, 0.6) is 17.2 Å². The second-order valence-corrected chi connectivity index (χ2v) is 8.45. The number of alkyl halides is 1. The molecule has 0 aliphatic carbocycles. The van der Waals surface area contributed by atoms with Crippen molar-refractivity contribution in [2.75, 3.05) is 39.5 Å². The second kappa shape index (κ2) is 16.8. The number of halogens is 1. The first-order valence-electron chi connectivity index (χ1n) is 12.3. The third-order valence-electron chi connectivity index (χ3n) is 5.53. The summed E-state index contributed by atoms with van der Waals surface area (Å²) < 4.78 is 22.8. The average Bonchev–Trinajstić information content (AvgIpc) is 3.36. The number of primary amides is 1. The van der Waals surface area contributed by atoms with Crippen molar-refractivity contribution >= 4 is 5.91 Å². The minimum absolute atomic E-state index is 0.203. The quantitative estimate of drug-likeness (QED) is 0.381. The molecule has 0 spiro atoms. The number of amides is 1. The molecule has 3 rings (SSSR count). The lowest BCUT2D eigenvalue weighted by atomic mass is 10.1. The lowest BCUT2D eigenvalue weighted by Crippen LogP contribution is -2.20. The summed E-state index contributed by atoms with van der Waals surface area (Å²) in [7, 11) is 0. The van der Waals surface area contributed by atoms with Gasteiger partial charge in [-0.3, -0.25) is 9.18 Å². The maximum Gasteiger partial charge on any atom is 0.217 e. The van der Waals surface area contributed by atoms with Gasteiger partial charge in [0.15, 0.2) is 0 Å². The van der Waals surface area contributed by atoms with Crippen LogP contribution in [-0.4, -0.2) is 55.4 Å². The molecule has 2 aromatic rings. The number of carbonyl (C=O) groups is 1. The largest absolute Gasteiger partial charge is 0.508 e. The first kappa shape index (κ1) is 27.4. The van der Waals surface area contributed by atoms with Gasteiger partial charge in [0.1, 0.15) is 17.2 Å². The molecule has 0 radical (unpaired) electrons. The predicted molar refractivity (Wildman–Crippen MR) is 133 cm³/mol. The highest BCUT2D eigenvalue weighted by Crippen LogP contribution is 2.16. The zero-order valence-electron chi connectivity index (χ0n) is 20.1. The highest BCUT2D eigenvalue weighted by molar-refractivity contribution is 5.73. The summed E-state index contributed by atoms with van der Waals surface area (Å²) in [4.78, 5) is 12.9. The van der Waals surface area contributed by atoms with Gasteiger partial charge in [-0.15, -0.1) is 0 Å². The molecule has 7 heteroatoms. The van der Waals surface area contributed by atoms with Crippen molar-refractivity contribution in [1.29, 1.82) is 0 Å². The molecule has 188 valence electrons. The Labute approximate surface area is 202 Å². The summed E-state index contributed by atoms with van der Waals surface area (Å²) in [6.07, 6.45) is 7.43. The molecule has 2 aromatic carbocycles. The van der Waals surface area contributed by atoms with Crippen LogP contribution in [0.1, 0.15) is 50.5 Å². The first-order valence-corrected chi connectivity index (χ1v) is 12.3. The lowest BCUT2D eigenvalue weighted by Gasteiger charge is -2.14. The Balaban J connectivity index is 0.000000257. The fourth-order valence-corrected chi connectivity index (χ4v) is 3.63. The zero-order valence-corrected chi connectivity index (χ0v) is 20.1. The highest BCUT2D eigenvalue weighted by atomic mass is 19.1. The van der Waals surface area contributed by atoms with Gasteiger partial charge in [0.2, 0.25) is 5.91 Å². The standard InChI is InChI=1S/C17H26FNO.C10H13NO3/c18-11-1-4-15-20-17-9-7-16(8-10-17)6-5-14-19-12-2-3-13-19;11-10(13)2-1-7-14-9-5-3-8(12)4-6-9/h7-10H,1-6,11-15H2;3-6,12H,1-2,7H2,(H2,11,13). The van der Waals surface area contributed by atoms with Crippen LogP contribution in [0.25, 0.3) is 0 Å². The fourth-order valence-electron chi connectivity index (χ4n) is 3.63. The van der Waals surface area contributed by atoms with E-state index in [1.165, 1.54) is 44.5 Å². The van der Waals surface area contributed by atoms with Gasteiger partial charge in [0.25, 0.3) is 0 Å². The molecule has 1 aliphatic rings. The number of carbonyl (C=O) groups excluding carboxylic acids is 1. The monoisotopic (exact) mass is 474 g/mol. The number of ether oxygens (including phenoxy) is 2. The predicted octanol–water partition coefficient (Wildman–Crippen LogP) is 4.88. The number of nitrogens with two attached hydrogens (primary N) is 1. The molecule has 0 atom stereocenters. The Morgan fingerprint density at radius 2 is 1.47 bits per heavy atom. The number of unbranched alkanes of at least 4 members (excludes halogenated alkanes) is 1. The molecule has 0 unspecified atom stereocenters. The number of rotatable bonds is 14. The van der Waals surface area contributed by atoms with Gasteiger partial charge in [0, 0.05) is 6.42 Å². The molecule has 0 bridgehead atoms. The van der Waals surface area contributed by atoms with E-state index < -0.39 is 0 Å². The van der Waals surface area contributed by atoms with E-state index >= 15 is 0 Å². The van der Waals surface area contributed by atoms with Gasteiger partial charge in [-0.25, -0.2) is 0 Å². The van der Waals surface area contributed by atoms with Crippen LogP contribution < -0.4 is 15.2 Å². The topological polar surface area (TPSA) is 85.0 Å². The van der Waals surface area contributed by atoms with Crippen molar-refractivity contribution in [1.82, 2.24) is 4.90 Å². The molecule has 0 aromatic heterocycles. The van der Waals surface area contributed by atoms with E-state index in [9.17, 15) is 9.18 Å². The first-order chi connectivity index (χ1) is 16.6. The Bertz CT molecular complexity index is 793. The van der Waals surface area contributed by atoms with E-state index in [2.05, 4.69) is 17.0 Å². The Morgan fingerprint density at radius 3 is 2.06 bits per heavy atom. The van der Waals surface area contributed by atoms with Gasteiger partial charge in [-0.1, -0.05) is 12.1 Å². The van der Waals surface area contributed by atoms with Crippen molar-refractivity contribution in [2.45, 2.75) is 51.4 Å². The molecule has 1 aliphatic heterocycles. The summed E-state index contributed by atoms with van der Waals surface area (Å²) in [5.74, 6) is 1.45. The molecular weight excluding hydrogens is 435 g/mol. The number of hydrogen-bond donors (Lipinski definition) is 2. The summed E-state index contributed by atoms with van der Waals surface area (Å²) in [5, 5.41) is 8.98. The Kier molecular flexibility index (Phi) is 13.5. The van der Waals surface area contributed by atoms with Crippen molar-refractivity contribution in [3.05, 3.63) is 54.1 Å². The summed E-state index contributed by atoms with van der Waals surface area (Å²) in [6.45, 7) is 4.60. The number of hydrogen-bond acceptors (Lipinski definition) is 5. The second-order valence-electron chi connectivity index (χ2n) is 8.45. The number of phenols is 1. The summed E-state index contributed by atoms with van der Waals surface area (Å²) in [5.41, 5.74) is 6.34. The minimum Gasteiger partial charge on any atom is -0.508 e. The van der Waals surface area contributed by atoms with E-state index in [0.717, 1.165) is 18.6 Å². The lowest BCUT2D eigenvalue weighted by molar-refractivity contribution is -0.118. The van der Waals surface area contributed by atoms with Crippen LogP contribution >= 0.6 is 0 Å². The molecule has 34 heavy (non-hydrogen) atoms. The highest BCUT2D eigenvalue weighted by Gasteiger charge is 2.10. The molecular formula is C27H39FN2O4. The molecule has 1 amide bonds. The van der Waals surface area contributed by atoms with Crippen molar-refractivity contribution in [3.8, 4) is 17.2 Å². The van der Waals surface area contributed by atoms with E-state index in [1.54, 1.807) is 24.3 Å². The molecule has 1 fully saturated rings. The van der Waals surface area contributed by atoms with Gasteiger partial charge < -0.3 is 25.2 Å². The van der Waals surface area contributed by atoms with Crippen LogP contribution in [0.3, 0.4) is 0 Å². The Hall–Kier alpha value is -2.80. The van der Waals surface area contributed by atoms with Gasteiger partial charge in [0.05, 0.1) is 19.9 Å². The molecule has 6 nitrogen and oxygen atoms in total. The SMILES string of the molecule is FCCCCOc1ccc(CCCN2CCCC2)cc1.NC(=O)CCCOc1ccc(O)cc1. The summed E-state index contributed by atoms with van der Waals surface area (Å²) >= 11 is 0. The minimum atomic E-state index is -0.320. The van der Waals surface area contributed by atoms with E-state index in [4.69, 9.17) is 20.3 Å². The van der Waals surface area contributed by atoms with Crippen molar-refractivity contribution < 1.29 is 23.8 Å². The van der Waals surface area contributed by atoms with Crippen LogP contribution in [0.15, 0.2) is 48.5 Å². The van der Waals surface area contributed by atoms with Gasteiger partial charge in [-0.2, -0.15) is 0 Å². The fraction of sp³-hybridized carbons (Fsp3) is 0.519. The van der Waals surface area contributed by atoms with Crippen molar-refractivity contribution in [2.24, 2.45) is 5.73 Å². The third-order valence-corrected chi connectivity index (χ3v) is 5.53. The number of benzene rings is 2. The number of aryl methyl sites for hydroxylation is 1. The van der Waals surface area contributed by atoms with E-state index in [-0.39, 0.29) is 18.3 Å². The molecule has 1 heterocycles. The van der Waals surface area contributed by atoms with E-state index in [1.807, 2.05) is 12.1 Å².